The predicted molar refractivity (Wildman–Crippen MR) is 78.8 cm³/mol. The summed E-state index contributed by atoms with van der Waals surface area (Å²) in [5, 5.41) is 0. The van der Waals surface area contributed by atoms with E-state index < -0.39 is 0 Å². The number of rotatable bonds is 5. The van der Waals surface area contributed by atoms with Crippen LogP contribution in [0.4, 0.5) is 0 Å². The fourth-order valence-corrected chi connectivity index (χ4v) is 2.89. The monoisotopic (exact) mass is 325 g/mol. The van der Waals surface area contributed by atoms with Gasteiger partial charge in [-0.2, -0.15) is 0 Å². The number of fused-ring (bicyclic) bond motifs is 1. The summed E-state index contributed by atoms with van der Waals surface area (Å²) in [7, 11) is 0. The van der Waals surface area contributed by atoms with E-state index in [-0.39, 0.29) is 0 Å². The largest absolute Gasteiger partial charge is 0.486 e. The van der Waals surface area contributed by atoms with Gasteiger partial charge in [0.1, 0.15) is 13.2 Å². The fraction of sp³-hybridized carbons (Fsp3) is 0.600. The number of nitrogens with zero attached hydrogens (tertiary/aromatic N) is 1. The van der Waals surface area contributed by atoms with Gasteiger partial charge < -0.3 is 9.47 Å². The van der Waals surface area contributed by atoms with E-state index in [1.165, 1.54) is 24.9 Å². The van der Waals surface area contributed by atoms with Crippen molar-refractivity contribution in [1.29, 1.82) is 0 Å². The van der Waals surface area contributed by atoms with Crippen molar-refractivity contribution in [2.45, 2.75) is 26.3 Å². The van der Waals surface area contributed by atoms with Crippen LogP contribution < -0.4 is 9.47 Å². The van der Waals surface area contributed by atoms with Crippen LogP contribution in [0.25, 0.3) is 0 Å². The normalized spacial score (nSPS) is 17.8. The van der Waals surface area contributed by atoms with Crippen LogP contribution in [0.5, 0.6) is 11.5 Å². The van der Waals surface area contributed by atoms with Crippen molar-refractivity contribution < 1.29 is 9.47 Å². The lowest BCUT2D eigenvalue weighted by atomic mass is 10.1. The standard InChI is InChI=1S/C15H20BrNO2/c1-2-17(9-11-3-4-11)10-12-7-14-15(8-13(12)16)19-6-5-18-14/h7-8,11H,2-6,9-10H2,1H3. The van der Waals surface area contributed by atoms with Crippen LogP contribution in [-0.4, -0.2) is 31.2 Å². The fourth-order valence-electron chi connectivity index (χ4n) is 2.44. The first-order chi connectivity index (χ1) is 9.26. The Hall–Kier alpha value is -0.740. The van der Waals surface area contributed by atoms with Gasteiger partial charge >= 0.3 is 0 Å². The predicted octanol–water partition coefficient (Wildman–Crippen LogP) is 3.45. The number of ether oxygens (including phenoxy) is 2. The molecule has 4 heteroatoms. The van der Waals surface area contributed by atoms with E-state index in [9.17, 15) is 0 Å². The highest BCUT2D eigenvalue weighted by Crippen LogP contribution is 2.36. The minimum atomic E-state index is 0.640. The van der Waals surface area contributed by atoms with Gasteiger partial charge in [-0.25, -0.2) is 0 Å². The van der Waals surface area contributed by atoms with Crippen LogP contribution in [0.1, 0.15) is 25.3 Å². The number of hydrogen-bond donors (Lipinski definition) is 0. The van der Waals surface area contributed by atoms with Crippen molar-refractivity contribution >= 4 is 15.9 Å². The summed E-state index contributed by atoms with van der Waals surface area (Å²) >= 11 is 3.65. The van der Waals surface area contributed by atoms with E-state index in [2.05, 4.69) is 33.8 Å². The number of halogens is 1. The van der Waals surface area contributed by atoms with Crippen molar-refractivity contribution in [2.75, 3.05) is 26.3 Å². The molecule has 1 aromatic carbocycles. The molecule has 1 aromatic rings. The summed E-state index contributed by atoms with van der Waals surface area (Å²) in [6, 6.07) is 4.16. The zero-order valence-electron chi connectivity index (χ0n) is 11.3. The highest BCUT2D eigenvalue weighted by atomic mass is 79.9. The number of benzene rings is 1. The van der Waals surface area contributed by atoms with E-state index in [1.807, 2.05) is 6.07 Å². The Bertz CT molecular complexity index is 460. The average Bonchev–Trinajstić information content (AvgIpc) is 3.22. The highest BCUT2D eigenvalue weighted by molar-refractivity contribution is 9.10. The van der Waals surface area contributed by atoms with Crippen molar-refractivity contribution in [3.63, 3.8) is 0 Å². The molecular formula is C15H20BrNO2. The van der Waals surface area contributed by atoms with Crippen LogP contribution in [0, 0.1) is 5.92 Å². The topological polar surface area (TPSA) is 21.7 Å². The van der Waals surface area contributed by atoms with Gasteiger partial charge in [0, 0.05) is 17.6 Å². The van der Waals surface area contributed by atoms with Gasteiger partial charge in [0.15, 0.2) is 11.5 Å². The Morgan fingerprint density at radius 2 is 1.89 bits per heavy atom. The first-order valence-electron chi connectivity index (χ1n) is 7.06. The molecule has 3 nitrogen and oxygen atoms in total. The first kappa shape index (κ1) is 13.3. The second-order valence-corrected chi connectivity index (χ2v) is 6.21. The molecule has 1 fully saturated rings. The van der Waals surface area contributed by atoms with E-state index in [0.29, 0.717) is 13.2 Å². The van der Waals surface area contributed by atoms with E-state index in [4.69, 9.17) is 9.47 Å². The molecule has 0 radical (unpaired) electrons. The molecule has 0 unspecified atom stereocenters. The van der Waals surface area contributed by atoms with E-state index in [0.717, 1.165) is 35.0 Å². The van der Waals surface area contributed by atoms with Gasteiger partial charge in [0.25, 0.3) is 0 Å². The van der Waals surface area contributed by atoms with Gasteiger partial charge in [-0.3, -0.25) is 4.90 Å². The zero-order chi connectivity index (χ0) is 13.2. The molecule has 1 saturated carbocycles. The Balaban J connectivity index is 1.75. The zero-order valence-corrected chi connectivity index (χ0v) is 12.9. The molecule has 0 amide bonds. The second kappa shape index (κ2) is 5.71. The third-order valence-electron chi connectivity index (χ3n) is 3.77. The maximum Gasteiger partial charge on any atom is 0.162 e. The Kier molecular flexibility index (Phi) is 3.99. The Morgan fingerprint density at radius 1 is 1.21 bits per heavy atom. The van der Waals surface area contributed by atoms with Gasteiger partial charge in [-0.15, -0.1) is 0 Å². The smallest absolute Gasteiger partial charge is 0.162 e. The van der Waals surface area contributed by atoms with E-state index >= 15 is 0 Å². The van der Waals surface area contributed by atoms with Gasteiger partial charge in [-0.1, -0.05) is 22.9 Å². The molecule has 1 heterocycles. The van der Waals surface area contributed by atoms with Crippen LogP contribution in [0.2, 0.25) is 0 Å². The molecule has 0 saturated heterocycles. The lowest BCUT2D eigenvalue weighted by Crippen LogP contribution is -2.25. The maximum absolute atomic E-state index is 5.66. The van der Waals surface area contributed by atoms with Gasteiger partial charge in [-0.05, 0) is 43.0 Å². The SMILES string of the molecule is CCN(Cc1cc2c(cc1Br)OCCO2)CC1CC1. The van der Waals surface area contributed by atoms with E-state index in [1.54, 1.807) is 0 Å². The summed E-state index contributed by atoms with van der Waals surface area (Å²) in [6.45, 7) is 6.81. The maximum atomic E-state index is 5.66. The lowest BCUT2D eigenvalue weighted by Gasteiger charge is -2.23. The third kappa shape index (κ3) is 3.23. The van der Waals surface area contributed by atoms with Crippen LogP contribution >= 0.6 is 15.9 Å². The molecule has 0 aromatic heterocycles. The third-order valence-corrected chi connectivity index (χ3v) is 4.50. The first-order valence-corrected chi connectivity index (χ1v) is 7.86. The van der Waals surface area contributed by atoms with Crippen LogP contribution in [0.15, 0.2) is 16.6 Å². The molecule has 1 aliphatic heterocycles. The average molecular weight is 326 g/mol. The Labute approximate surface area is 123 Å². The van der Waals surface area contributed by atoms with Crippen molar-refractivity contribution in [2.24, 2.45) is 5.92 Å². The molecule has 0 atom stereocenters. The molecule has 1 aliphatic carbocycles. The summed E-state index contributed by atoms with van der Waals surface area (Å²) in [6.07, 6.45) is 2.80. The molecule has 3 rings (SSSR count). The molecule has 2 aliphatic rings. The summed E-state index contributed by atoms with van der Waals surface area (Å²) in [5.74, 6) is 2.66. The van der Waals surface area contributed by atoms with Crippen LogP contribution in [0.3, 0.4) is 0 Å². The molecule has 19 heavy (non-hydrogen) atoms. The summed E-state index contributed by atoms with van der Waals surface area (Å²) < 4.78 is 12.4. The summed E-state index contributed by atoms with van der Waals surface area (Å²) in [4.78, 5) is 2.51. The Morgan fingerprint density at radius 3 is 2.53 bits per heavy atom. The molecule has 0 bridgehead atoms. The van der Waals surface area contributed by atoms with Crippen molar-refractivity contribution in [1.82, 2.24) is 4.90 Å². The molecule has 104 valence electrons. The minimum Gasteiger partial charge on any atom is -0.486 e. The number of hydrogen-bond acceptors (Lipinski definition) is 3. The van der Waals surface area contributed by atoms with Gasteiger partial charge in [0.05, 0.1) is 0 Å². The van der Waals surface area contributed by atoms with Crippen molar-refractivity contribution in [3.05, 3.63) is 22.2 Å². The molecule has 0 spiro atoms. The molecular weight excluding hydrogens is 306 g/mol. The lowest BCUT2D eigenvalue weighted by molar-refractivity contribution is 0.171. The molecule has 0 N–H and O–H groups in total. The second-order valence-electron chi connectivity index (χ2n) is 5.36. The van der Waals surface area contributed by atoms with Crippen molar-refractivity contribution in [3.8, 4) is 11.5 Å². The minimum absolute atomic E-state index is 0.640. The summed E-state index contributed by atoms with van der Waals surface area (Å²) in [5.41, 5.74) is 1.28. The highest BCUT2D eigenvalue weighted by Gasteiger charge is 2.24. The van der Waals surface area contributed by atoms with Crippen LogP contribution in [-0.2, 0) is 6.54 Å². The van der Waals surface area contributed by atoms with Gasteiger partial charge in [0.2, 0.25) is 0 Å². The quantitative estimate of drug-likeness (QED) is 0.827.